The van der Waals surface area contributed by atoms with Gasteiger partial charge in [0.15, 0.2) is 0 Å². The molecule has 3 fully saturated rings. The SMILES string of the molecule is O=C(NC1CCCCC1)c1cc(NC(=O)C2CC2)ccc1N1CCCC1. The van der Waals surface area contributed by atoms with Gasteiger partial charge in [-0.05, 0) is 56.7 Å². The van der Waals surface area contributed by atoms with E-state index >= 15 is 0 Å². The highest BCUT2D eigenvalue weighted by atomic mass is 16.2. The third-order valence-corrected chi connectivity index (χ3v) is 5.84. The van der Waals surface area contributed by atoms with Gasteiger partial charge in [-0.2, -0.15) is 0 Å². The zero-order valence-corrected chi connectivity index (χ0v) is 15.4. The third kappa shape index (κ3) is 4.02. The maximum absolute atomic E-state index is 13.0. The van der Waals surface area contributed by atoms with Crippen LogP contribution < -0.4 is 15.5 Å². The molecule has 2 amide bonds. The summed E-state index contributed by atoms with van der Waals surface area (Å²) in [4.78, 5) is 27.4. The van der Waals surface area contributed by atoms with E-state index in [9.17, 15) is 9.59 Å². The number of nitrogens with zero attached hydrogens (tertiary/aromatic N) is 1. The van der Waals surface area contributed by atoms with Crippen LogP contribution in [0.2, 0.25) is 0 Å². The summed E-state index contributed by atoms with van der Waals surface area (Å²) in [6.07, 6.45) is 10.1. The van der Waals surface area contributed by atoms with Crippen LogP contribution >= 0.6 is 0 Å². The lowest BCUT2D eigenvalue weighted by atomic mass is 9.95. The summed E-state index contributed by atoms with van der Waals surface area (Å²) in [6, 6.07) is 6.09. The predicted molar refractivity (Wildman–Crippen MR) is 104 cm³/mol. The van der Waals surface area contributed by atoms with E-state index in [-0.39, 0.29) is 23.8 Å². The summed E-state index contributed by atoms with van der Waals surface area (Å²) < 4.78 is 0. The lowest BCUT2D eigenvalue weighted by molar-refractivity contribution is -0.117. The van der Waals surface area contributed by atoms with Gasteiger partial charge in [0.25, 0.3) is 5.91 Å². The first kappa shape index (κ1) is 17.4. The average molecular weight is 355 g/mol. The van der Waals surface area contributed by atoms with E-state index < -0.39 is 0 Å². The molecule has 0 atom stereocenters. The highest BCUT2D eigenvalue weighted by Gasteiger charge is 2.30. The summed E-state index contributed by atoms with van der Waals surface area (Å²) in [7, 11) is 0. The highest BCUT2D eigenvalue weighted by Crippen LogP contribution is 2.32. The summed E-state index contributed by atoms with van der Waals surface area (Å²) >= 11 is 0. The number of benzene rings is 1. The number of amides is 2. The van der Waals surface area contributed by atoms with Crippen LogP contribution in [0.25, 0.3) is 0 Å². The van der Waals surface area contributed by atoms with Crippen molar-refractivity contribution in [1.29, 1.82) is 0 Å². The summed E-state index contributed by atoms with van der Waals surface area (Å²) in [6.45, 7) is 2.00. The second-order valence-corrected chi connectivity index (χ2v) is 8.00. The summed E-state index contributed by atoms with van der Waals surface area (Å²) in [5.74, 6) is 0.242. The van der Waals surface area contributed by atoms with Crippen LogP contribution in [0, 0.1) is 5.92 Å². The van der Waals surface area contributed by atoms with Gasteiger partial charge >= 0.3 is 0 Å². The Hall–Kier alpha value is -2.04. The quantitative estimate of drug-likeness (QED) is 0.847. The molecule has 2 N–H and O–H groups in total. The Morgan fingerprint density at radius 1 is 0.923 bits per heavy atom. The van der Waals surface area contributed by atoms with Gasteiger partial charge in [0.1, 0.15) is 0 Å². The van der Waals surface area contributed by atoms with Gasteiger partial charge in [-0.25, -0.2) is 0 Å². The molecule has 0 aromatic heterocycles. The molecule has 0 bridgehead atoms. The first-order chi connectivity index (χ1) is 12.7. The van der Waals surface area contributed by atoms with Gasteiger partial charge in [-0.1, -0.05) is 19.3 Å². The Morgan fingerprint density at radius 2 is 1.65 bits per heavy atom. The van der Waals surface area contributed by atoms with E-state index in [0.717, 1.165) is 50.1 Å². The average Bonchev–Trinajstić information content (AvgIpc) is 3.38. The molecule has 0 unspecified atom stereocenters. The van der Waals surface area contributed by atoms with Crippen LogP contribution in [0.3, 0.4) is 0 Å². The van der Waals surface area contributed by atoms with Crippen LogP contribution in [-0.2, 0) is 4.79 Å². The molecule has 5 heteroatoms. The molecule has 5 nitrogen and oxygen atoms in total. The largest absolute Gasteiger partial charge is 0.371 e. The van der Waals surface area contributed by atoms with Crippen LogP contribution in [0.4, 0.5) is 11.4 Å². The van der Waals surface area contributed by atoms with Gasteiger partial charge in [0.05, 0.1) is 5.56 Å². The molecule has 1 aliphatic heterocycles. The molecule has 1 saturated heterocycles. The molecule has 1 aromatic rings. The minimum Gasteiger partial charge on any atom is -0.371 e. The lowest BCUT2D eigenvalue weighted by Crippen LogP contribution is -2.37. The maximum Gasteiger partial charge on any atom is 0.253 e. The molecule has 1 heterocycles. The van der Waals surface area contributed by atoms with Gasteiger partial charge in [0, 0.05) is 36.4 Å². The zero-order valence-electron chi connectivity index (χ0n) is 15.4. The van der Waals surface area contributed by atoms with Crippen molar-refractivity contribution >= 4 is 23.2 Å². The fourth-order valence-corrected chi connectivity index (χ4v) is 4.13. The fourth-order valence-electron chi connectivity index (χ4n) is 4.13. The van der Waals surface area contributed by atoms with Crippen molar-refractivity contribution in [2.45, 2.75) is 63.8 Å². The molecule has 2 aliphatic carbocycles. The number of rotatable bonds is 5. The number of anilines is 2. The van der Waals surface area contributed by atoms with Crippen molar-refractivity contribution in [3.8, 4) is 0 Å². The van der Waals surface area contributed by atoms with Crippen molar-refractivity contribution < 1.29 is 9.59 Å². The molecule has 0 spiro atoms. The number of carbonyl (C=O) groups excluding carboxylic acids is 2. The smallest absolute Gasteiger partial charge is 0.253 e. The molecular formula is C21H29N3O2. The number of hydrogen-bond acceptors (Lipinski definition) is 3. The molecule has 3 aliphatic rings. The number of carbonyl (C=O) groups is 2. The first-order valence-electron chi connectivity index (χ1n) is 10.2. The molecule has 1 aromatic carbocycles. The summed E-state index contributed by atoms with van der Waals surface area (Å²) in [5.41, 5.74) is 2.44. The van der Waals surface area contributed by atoms with Crippen molar-refractivity contribution in [2.75, 3.05) is 23.3 Å². The third-order valence-electron chi connectivity index (χ3n) is 5.84. The van der Waals surface area contributed by atoms with E-state index in [4.69, 9.17) is 0 Å². The second-order valence-electron chi connectivity index (χ2n) is 8.00. The maximum atomic E-state index is 13.0. The van der Waals surface area contributed by atoms with Crippen molar-refractivity contribution in [3.05, 3.63) is 23.8 Å². The van der Waals surface area contributed by atoms with E-state index in [1.54, 1.807) is 0 Å². The first-order valence-corrected chi connectivity index (χ1v) is 10.2. The van der Waals surface area contributed by atoms with Crippen molar-refractivity contribution in [2.24, 2.45) is 5.92 Å². The van der Waals surface area contributed by atoms with E-state index in [2.05, 4.69) is 15.5 Å². The Bertz CT molecular complexity index is 672. The van der Waals surface area contributed by atoms with E-state index in [1.165, 1.54) is 32.1 Å². The zero-order chi connectivity index (χ0) is 17.9. The van der Waals surface area contributed by atoms with Crippen LogP contribution in [0.1, 0.15) is 68.1 Å². The van der Waals surface area contributed by atoms with Crippen molar-refractivity contribution in [3.63, 3.8) is 0 Å². The summed E-state index contributed by atoms with van der Waals surface area (Å²) in [5, 5.41) is 6.22. The van der Waals surface area contributed by atoms with Crippen molar-refractivity contribution in [1.82, 2.24) is 5.32 Å². The normalized spacial score (nSPS) is 20.8. The molecule has 2 saturated carbocycles. The predicted octanol–water partition coefficient (Wildman–Crippen LogP) is 3.70. The number of hydrogen-bond donors (Lipinski definition) is 2. The topological polar surface area (TPSA) is 61.4 Å². The van der Waals surface area contributed by atoms with Gasteiger partial charge in [-0.15, -0.1) is 0 Å². The molecule has 0 radical (unpaired) electrons. The van der Waals surface area contributed by atoms with Crippen LogP contribution in [0.15, 0.2) is 18.2 Å². The second kappa shape index (κ2) is 7.68. The number of nitrogens with one attached hydrogen (secondary N) is 2. The van der Waals surface area contributed by atoms with Crippen LogP contribution in [0.5, 0.6) is 0 Å². The molecule has 140 valence electrons. The van der Waals surface area contributed by atoms with E-state index in [1.807, 2.05) is 18.2 Å². The Balaban J connectivity index is 1.54. The Labute approximate surface area is 155 Å². The van der Waals surface area contributed by atoms with Gasteiger partial charge < -0.3 is 15.5 Å². The Morgan fingerprint density at radius 3 is 2.35 bits per heavy atom. The van der Waals surface area contributed by atoms with E-state index in [0.29, 0.717) is 5.56 Å². The molecular weight excluding hydrogens is 326 g/mol. The molecule has 4 rings (SSSR count). The van der Waals surface area contributed by atoms with Gasteiger partial charge in [0.2, 0.25) is 5.91 Å². The Kier molecular flexibility index (Phi) is 5.14. The van der Waals surface area contributed by atoms with Gasteiger partial charge in [-0.3, -0.25) is 9.59 Å². The fraction of sp³-hybridized carbons (Fsp3) is 0.619. The highest BCUT2D eigenvalue weighted by molar-refractivity contribution is 6.02. The monoisotopic (exact) mass is 355 g/mol. The minimum absolute atomic E-state index is 0.00122. The standard InChI is InChI=1S/C21H29N3O2/c25-20(15-8-9-15)23-17-10-11-19(24-12-4-5-13-24)18(14-17)21(26)22-16-6-2-1-3-7-16/h10-11,14-16H,1-9,12-13H2,(H,22,26)(H,23,25). The lowest BCUT2D eigenvalue weighted by Gasteiger charge is -2.25. The minimum atomic E-state index is 0.00122. The van der Waals surface area contributed by atoms with Crippen LogP contribution in [-0.4, -0.2) is 30.9 Å². The molecule has 26 heavy (non-hydrogen) atoms.